The summed E-state index contributed by atoms with van der Waals surface area (Å²) in [5.41, 5.74) is 0.437. The Bertz CT molecular complexity index is 877. The number of hydrogen-bond donors (Lipinski definition) is 0. The van der Waals surface area contributed by atoms with Gasteiger partial charge in [0, 0.05) is 30.6 Å². The molecule has 1 fully saturated rings. The van der Waals surface area contributed by atoms with Crippen LogP contribution in [0.1, 0.15) is 33.6 Å². The molecule has 0 N–H and O–H groups in total. The van der Waals surface area contributed by atoms with Gasteiger partial charge in [0.15, 0.2) is 12.9 Å². The van der Waals surface area contributed by atoms with E-state index in [9.17, 15) is 5.21 Å². The number of hydrogen-bond acceptors (Lipinski definition) is 3. The van der Waals surface area contributed by atoms with Crippen LogP contribution in [0.4, 0.5) is 0 Å². The molecule has 2 heterocycles. The van der Waals surface area contributed by atoms with E-state index in [1.165, 1.54) is 4.74 Å². The molecule has 0 spiro atoms. The van der Waals surface area contributed by atoms with Crippen LogP contribution in [-0.2, 0) is 4.57 Å². The molecule has 1 saturated heterocycles. The number of rotatable bonds is 5. The molecule has 0 aliphatic carbocycles. The lowest BCUT2D eigenvalue weighted by Crippen LogP contribution is -2.46. The molecule has 2 aromatic carbocycles. The third kappa shape index (κ3) is 3.37. The van der Waals surface area contributed by atoms with E-state index < -0.39 is 7.14 Å². The highest BCUT2D eigenvalue weighted by molar-refractivity contribution is 7.80. The number of nitrogens with zero attached hydrogens (tertiary/aromatic N) is 2. The highest BCUT2D eigenvalue weighted by Gasteiger charge is 2.58. The molecule has 0 saturated carbocycles. The Kier molecular flexibility index (Phi) is 5.68. The lowest BCUT2D eigenvalue weighted by atomic mass is 9.89. The zero-order chi connectivity index (χ0) is 20.6. The van der Waals surface area contributed by atoms with Crippen LogP contribution in [0, 0.1) is 17.0 Å². The van der Waals surface area contributed by atoms with Gasteiger partial charge >= 0.3 is 0 Å². The van der Waals surface area contributed by atoms with Crippen molar-refractivity contribution in [3.05, 3.63) is 65.9 Å². The quantitative estimate of drug-likeness (QED) is 0.424. The van der Waals surface area contributed by atoms with Crippen LogP contribution in [0.3, 0.4) is 0 Å². The highest BCUT2D eigenvalue weighted by Crippen LogP contribution is 2.56. The molecule has 154 valence electrons. The normalized spacial score (nSPS) is 25.9. The predicted octanol–water partition coefficient (Wildman–Crippen LogP) is 4.05. The van der Waals surface area contributed by atoms with Crippen LogP contribution in [0.15, 0.2) is 60.7 Å². The topological polar surface area (TPSA) is 46.4 Å². The summed E-state index contributed by atoms with van der Waals surface area (Å²) in [5, 5.41) is 15.1. The van der Waals surface area contributed by atoms with Gasteiger partial charge in [-0.25, -0.2) is 4.90 Å². The van der Waals surface area contributed by atoms with E-state index in [0.29, 0.717) is 0 Å². The predicted molar refractivity (Wildman–Crippen MR) is 121 cm³/mol. The van der Waals surface area contributed by atoms with Crippen molar-refractivity contribution in [2.24, 2.45) is 11.8 Å². The van der Waals surface area contributed by atoms with Crippen molar-refractivity contribution in [1.29, 1.82) is 0 Å². The maximum atomic E-state index is 15.0. The summed E-state index contributed by atoms with van der Waals surface area (Å²) >= 11 is 0. The van der Waals surface area contributed by atoms with Gasteiger partial charge in [-0.3, -0.25) is 0 Å². The molecule has 0 bridgehead atoms. The molecule has 4 rings (SSSR count). The van der Waals surface area contributed by atoms with E-state index in [4.69, 9.17) is 0 Å². The van der Waals surface area contributed by atoms with Crippen LogP contribution < -0.4 is 10.6 Å². The summed E-state index contributed by atoms with van der Waals surface area (Å²) in [5.74, 6) is 0.275. The van der Waals surface area contributed by atoms with Crippen molar-refractivity contribution in [2.75, 3.05) is 13.1 Å². The molecular weight excluding hydrogens is 379 g/mol. The molecule has 2 aliphatic heterocycles. The monoisotopic (exact) mass is 410 g/mol. The van der Waals surface area contributed by atoms with Crippen molar-refractivity contribution in [3.8, 4) is 0 Å². The Morgan fingerprint density at radius 1 is 0.966 bits per heavy atom. The summed E-state index contributed by atoms with van der Waals surface area (Å²) in [6.45, 7) is 8.16. The van der Waals surface area contributed by atoms with E-state index >= 15 is 4.57 Å². The summed E-state index contributed by atoms with van der Waals surface area (Å²) < 4.78 is 16.2. The van der Waals surface area contributed by atoms with Gasteiger partial charge in [-0.1, -0.05) is 74.5 Å². The average molecular weight is 410 g/mol. The minimum absolute atomic E-state index is 0.0249. The van der Waals surface area contributed by atoms with Crippen LogP contribution in [0.2, 0.25) is 0 Å². The van der Waals surface area contributed by atoms with E-state index in [-0.39, 0.29) is 23.7 Å². The van der Waals surface area contributed by atoms with Gasteiger partial charge in [-0.15, -0.1) is 0 Å². The zero-order valence-corrected chi connectivity index (χ0v) is 18.5. The Labute approximate surface area is 174 Å². The molecule has 3 atom stereocenters. The number of hydroxylamine groups is 1. The SMILES string of the molecule is CC1=[N+]([O-])[C@H](N2CCCC2)[C@@H](C(C)C)[C@H]1P(=O)(c1ccccc1)c1ccccc1. The molecule has 4 nitrogen and oxygen atoms in total. The van der Waals surface area contributed by atoms with Gasteiger partial charge in [0.1, 0.15) is 5.66 Å². The summed E-state index contributed by atoms with van der Waals surface area (Å²) in [6, 6.07) is 19.6. The van der Waals surface area contributed by atoms with Crippen LogP contribution in [0.5, 0.6) is 0 Å². The lowest BCUT2D eigenvalue weighted by Gasteiger charge is -2.34. The standard InChI is InChI=1S/C24H31N2O2P/c1-18(2)22-23(19(3)26(27)24(22)25-16-10-11-17-25)29(28,20-12-6-4-7-13-20)21-14-8-5-9-15-21/h4-9,12-15,18,22-24H,10-11,16-17H2,1-3H3/t22-,23-,24-/m0/s1. The summed E-state index contributed by atoms with van der Waals surface area (Å²) in [4.78, 5) is 2.32. The first kappa shape index (κ1) is 20.4. The fourth-order valence-corrected chi connectivity index (χ4v) is 9.11. The molecule has 2 aliphatic rings. The second-order valence-corrected chi connectivity index (χ2v) is 11.6. The molecule has 5 heteroatoms. The molecule has 29 heavy (non-hydrogen) atoms. The first-order valence-electron chi connectivity index (χ1n) is 10.7. The molecular formula is C24H31N2O2P. The average Bonchev–Trinajstić information content (AvgIpc) is 3.36. The van der Waals surface area contributed by atoms with Crippen molar-refractivity contribution in [2.45, 2.75) is 45.4 Å². The van der Waals surface area contributed by atoms with Crippen molar-refractivity contribution in [3.63, 3.8) is 0 Å². The van der Waals surface area contributed by atoms with Crippen LogP contribution in [-0.4, -0.2) is 40.3 Å². The third-order valence-corrected chi connectivity index (χ3v) is 10.3. The van der Waals surface area contributed by atoms with Gasteiger partial charge < -0.3 is 9.77 Å². The van der Waals surface area contributed by atoms with E-state index in [1.807, 2.05) is 67.6 Å². The number of likely N-dealkylation sites (tertiary alicyclic amines) is 1. The minimum Gasteiger partial charge on any atom is -0.623 e. The third-order valence-electron chi connectivity index (χ3n) is 6.68. The second kappa shape index (κ2) is 8.08. The van der Waals surface area contributed by atoms with Crippen molar-refractivity contribution < 1.29 is 9.30 Å². The van der Waals surface area contributed by atoms with Gasteiger partial charge in [-0.05, 0) is 18.8 Å². The van der Waals surface area contributed by atoms with Crippen molar-refractivity contribution in [1.82, 2.24) is 4.90 Å². The Hall–Kier alpha value is -1.90. The molecule has 0 aromatic heterocycles. The first-order chi connectivity index (χ1) is 14.0. The van der Waals surface area contributed by atoms with Gasteiger partial charge in [-0.2, -0.15) is 4.74 Å². The minimum atomic E-state index is -3.06. The van der Waals surface area contributed by atoms with Crippen molar-refractivity contribution >= 4 is 23.5 Å². The number of benzene rings is 2. The largest absolute Gasteiger partial charge is 0.623 e. The lowest BCUT2D eigenvalue weighted by molar-refractivity contribution is -0.530. The smallest absolute Gasteiger partial charge is 0.223 e. The Morgan fingerprint density at radius 2 is 1.45 bits per heavy atom. The first-order valence-corrected chi connectivity index (χ1v) is 12.5. The van der Waals surface area contributed by atoms with Gasteiger partial charge in [0.25, 0.3) is 0 Å². The fourth-order valence-electron chi connectivity index (χ4n) is 5.32. The Balaban J connectivity index is 1.91. The van der Waals surface area contributed by atoms with E-state index in [0.717, 1.165) is 42.3 Å². The van der Waals surface area contributed by atoms with Crippen LogP contribution in [0.25, 0.3) is 0 Å². The zero-order valence-electron chi connectivity index (χ0n) is 17.6. The fraction of sp³-hybridized carbons (Fsp3) is 0.458. The van der Waals surface area contributed by atoms with Gasteiger partial charge in [0.2, 0.25) is 6.17 Å². The Morgan fingerprint density at radius 3 is 1.90 bits per heavy atom. The molecule has 0 amide bonds. The maximum Gasteiger partial charge on any atom is 0.223 e. The molecule has 0 radical (unpaired) electrons. The van der Waals surface area contributed by atoms with Gasteiger partial charge in [0.05, 0.1) is 5.92 Å². The van der Waals surface area contributed by atoms with Crippen LogP contribution >= 0.6 is 7.14 Å². The highest BCUT2D eigenvalue weighted by atomic mass is 31.2. The van der Waals surface area contributed by atoms with E-state index in [1.54, 1.807) is 0 Å². The summed E-state index contributed by atoms with van der Waals surface area (Å²) in [7, 11) is -3.06. The second-order valence-electron chi connectivity index (χ2n) is 8.72. The van der Waals surface area contributed by atoms with E-state index in [2.05, 4.69) is 18.7 Å². The molecule has 2 aromatic rings. The maximum absolute atomic E-state index is 15.0. The molecule has 0 unspecified atom stereocenters. The summed E-state index contributed by atoms with van der Waals surface area (Å²) in [6.07, 6.45) is 2.05.